The van der Waals surface area contributed by atoms with Gasteiger partial charge in [0.15, 0.2) is 0 Å². The van der Waals surface area contributed by atoms with Crippen LogP contribution in [0.1, 0.15) is 80.5 Å². The maximum Gasteiger partial charge on any atom is 0.317 e. The number of hydrogen-bond acceptors (Lipinski definition) is 5. The highest BCUT2D eigenvalue weighted by Gasteiger charge is 2.36. The van der Waals surface area contributed by atoms with E-state index in [1.54, 1.807) is 6.92 Å². The zero-order valence-corrected chi connectivity index (χ0v) is 16.2. The fourth-order valence-electron chi connectivity index (χ4n) is 3.95. The SMILES string of the molecule is Cc1nnc(C2CC(NC(=O)N3CCCC(c4cc(C(C)C)n[nH]4)C3)C2)o1. The lowest BCUT2D eigenvalue weighted by Gasteiger charge is -2.37. The van der Waals surface area contributed by atoms with E-state index in [0.717, 1.165) is 50.2 Å². The second-order valence-electron chi connectivity index (χ2n) is 8.16. The summed E-state index contributed by atoms with van der Waals surface area (Å²) >= 11 is 0. The van der Waals surface area contributed by atoms with E-state index in [9.17, 15) is 4.79 Å². The Morgan fingerprint density at radius 1 is 1.33 bits per heavy atom. The van der Waals surface area contributed by atoms with Crippen molar-refractivity contribution in [3.63, 3.8) is 0 Å². The van der Waals surface area contributed by atoms with Gasteiger partial charge in [0.2, 0.25) is 11.8 Å². The Hall–Kier alpha value is -2.38. The van der Waals surface area contributed by atoms with Gasteiger partial charge in [-0.25, -0.2) is 4.79 Å². The molecule has 1 aliphatic carbocycles. The number of piperidine rings is 1. The summed E-state index contributed by atoms with van der Waals surface area (Å²) in [6, 6.07) is 2.38. The maximum atomic E-state index is 12.7. The highest BCUT2D eigenvalue weighted by molar-refractivity contribution is 5.75. The van der Waals surface area contributed by atoms with Crippen molar-refractivity contribution in [2.24, 2.45) is 0 Å². The third kappa shape index (κ3) is 3.84. The summed E-state index contributed by atoms with van der Waals surface area (Å²) in [4.78, 5) is 14.6. The Kier molecular flexibility index (Phi) is 4.88. The molecular weight excluding hydrogens is 344 g/mol. The van der Waals surface area contributed by atoms with Crippen molar-refractivity contribution in [3.8, 4) is 0 Å². The summed E-state index contributed by atoms with van der Waals surface area (Å²) in [5.74, 6) is 2.30. The summed E-state index contributed by atoms with van der Waals surface area (Å²) < 4.78 is 5.48. The first-order valence-electron chi connectivity index (χ1n) is 9.90. The number of H-pyrrole nitrogens is 1. The van der Waals surface area contributed by atoms with Crippen molar-refractivity contribution >= 4 is 6.03 Å². The zero-order valence-electron chi connectivity index (χ0n) is 16.2. The number of hydrogen-bond donors (Lipinski definition) is 2. The van der Waals surface area contributed by atoms with Gasteiger partial charge in [-0.15, -0.1) is 10.2 Å². The molecule has 27 heavy (non-hydrogen) atoms. The van der Waals surface area contributed by atoms with Crippen LogP contribution in [0.5, 0.6) is 0 Å². The average Bonchev–Trinajstić information content (AvgIpc) is 3.27. The van der Waals surface area contributed by atoms with Gasteiger partial charge in [-0.3, -0.25) is 5.10 Å². The molecule has 2 N–H and O–H groups in total. The standard InChI is InChI=1S/C19H28N6O2/c1-11(2)16-9-17(23-22-16)13-5-4-6-25(10-13)19(26)20-15-7-14(8-15)18-24-21-12(3)27-18/h9,11,13-15H,4-8,10H2,1-3H3,(H,20,26)(H,22,23). The number of carbonyl (C=O) groups is 1. The summed E-state index contributed by atoms with van der Waals surface area (Å²) in [5.41, 5.74) is 2.23. The first kappa shape index (κ1) is 18.0. The molecule has 2 aliphatic rings. The third-order valence-electron chi connectivity index (χ3n) is 5.71. The van der Waals surface area contributed by atoms with Crippen LogP contribution in [0.25, 0.3) is 0 Å². The second kappa shape index (κ2) is 7.32. The van der Waals surface area contributed by atoms with Crippen LogP contribution in [-0.2, 0) is 0 Å². The molecule has 0 bridgehead atoms. The number of likely N-dealkylation sites (tertiary alicyclic amines) is 1. The van der Waals surface area contributed by atoms with Crippen molar-refractivity contribution in [2.75, 3.05) is 13.1 Å². The minimum absolute atomic E-state index is 0.0356. The topological polar surface area (TPSA) is 99.9 Å². The Morgan fingerprint density at radius 3 is 2.81 bits per heavy atom. The Bertz CT molecular complexity index is 792. The highest BCUT2D eigenvalue weighted by atomic mass is 16.4. The summed E-state index contributed by atoms with van der Waals surface area (Å²) in [7, 11) is 0. The Labute approximate surface area is 159 Å². The van der Waals surface area contributed by atoms with Gasteiger partial charge in [-0.05, 0) is 37.7 Å². The molecule has 3 heterocycles. The van der Waals surface area contributed by atoms with Crippen LogP contribution in [0.4, 0.5) is 4.79 Å². The number of urea groups is 1. The van der Waals surface area contributed by atoms with E-state index >= 15 is 0 Å². The molecule has 0 spiro atoms. The maximum absolute atomic E-state index is 12.7. The van der Waals surface area contributed by atoms with Crippen LogP contribution < -0.4 is 5.32 Å². The van der Waals surface area contributed by atoms with E-state index in [1.807, 2.05) is 4.90 Å². The predicted octanol–water partition coefficient (Wildman–Crippen LogP) is 3.06. The van der Waals surface area contributed by atoms with E-state index in [1.165, 1.54) is 0 Å². The van der Waals surface area contributed by atoms with Gasteiger partial charge in [0.25, 0.3) is 0 Å². The highest BCUT2D eigenvalue weighted by Crippen LogP contribution is 2.36. The first-order chi connectivity index (χ1) is 13.0. The molecule has 1 unspecified atom stereocenters. The Morgan fingerprint density at radius 2 is 2.15 bits per heavy atom. The minimum atomic E-state index is 0.0356. The molecule has 2 aromatic heterocycles. The fraction of sp³-hybridized carbons (Fsp3) is 0.684. The van der Waals surface area contributed by atoms with Crippen molar-refractivity contribution in [1.29, 1.82) is 0 Å². The number of carbonyl (C=O) groups excluding carboxylic acids is 1. The number of rotatable bonds is 4. The van der Waals surface area contributed by atoms with Gasteiger partial charge < -0.3 is 14.6 Å². The minimum Gasteiger partial charge on any atom is -0.425 e. The number of amides is 2. The molecule has 1 saturated carbocycles. The van der Waals surface area contributed by atoms with Gasteiger partial charge in [0.1, 0.15) is 0 Å². The van der Waals surface area contributed by atoms with Gasteiger partial charge in [-0.2, -0.15) is 5.10 Å². The molecule has 8 nitrogen and oxygen atoms in total. The molecule has 2 aromatic rings. The van der Waals surface area contributed by atoms with E-state index in [0.29, 0.717) is 23.6 Å². The van der Waals surface area contributed by atoms with Crippen LogP contribution in [0, 0.1) is 6.92 Å². The van der Waals surface area contributed by atoms with Crippen molar-refractivity contribution in [2.45, 2.75) is 70.3 Å². The van der Waals surface area contributed by atoms with Gasteiger partial charge in [0.05, 0.1) is 5.69 Å². The number of aryl methyl sites for hydroxylation is 1. The molecule has 2 amide bonds. The second-order valence-corrected chi connectivity index (χ2v) is 8.16. The number of aromatic nitrogens is 4. The fourth-order valence-corrected chi connectivity index (χ4v) is 3.95. The van der Waals surface area contributed by atoms with Crippen LogP contribution in [0.15, 0.2) is 10.5 Å². The monoisotopic (exact) mass is 372 g/mol. The van der Waals surface area contributed by atoms with Crippen LogP contribution in [0.3, 0.4) is 0 Å². The van der Waals surface area contributed by atoms with Crippen molar-refractivity contribution < 1.29 is 9.21 Å². The van der Waals surface area contributed by atoms with Crippen molar-refractivity contribution in [3.05, 3.63) is 29.2 Å². The van der Waals surface area contributed by atoms with Gasteiger partial charge in [0, 0.05) is 43.6 Å². The lowest BCUT2D eigenvalue weighted by molar-refractivity contribution is 0.163. The van der Waals surface area contributed by atoms with Crippen LogP contribution in [-0.4, -0.2) is 50.5 Å². The van der Waals surface area contributed by atoms with E-state index in [2.05, 4.69) is 45.6 Å². The largest absolute Gasteiger partial charge is 0.425 e. The smallest absolute Gasteiger partial charge is 0.317 e. The quantitative estimate of drug-likeness (QED) is 0.859. The molecule has 2 fully saturated rings. The molecule has 0 aromatic carbocycles. The lowest BCUT2D eigenvalue weighted by Crippen LogP contribution is -2.51. The molecular formula is C19H28N6O2. The number of aromatic amines is 1. The lowest BCUT2D eigenvalue weighted by atomic mass is 9.80. The summed E-state index contributed by atoms with van der Waals surface area (Å²) in [6.45, 7) is 7.63. The van der Waals surface area contributed by atoms with Gasteiger partial charge in [-0.1, -0.05) is 13.8 Å². The molecule has 0 radical (unpaired) electrons. The van der Waals surface area contributed by atoms with Crippen LogP contribution >= 0.6 is 0 Å². The third-order valence-corrected chi connectivity index (χ3v) is 5.71. The summed E-state index contributed by atoms with van der Waals surface area (Å²) in [5, 5.41) is 18.7. The molecule has 146 valence electrons. The molecule has 4 rings (SSSR count). The van der Waals surface area contributed by atoms with E-state index in [4.69, 9.17) is 4.42 Å². The number of nitrogens with one attached hydrogen (secondary N) is 2. The van der Waals surface area contributed by atoms with E-state index in [-0.39, 0.29) is 18.0 Å². The average molecular weight is 372 g/mol. The van der Waals surface area contributed by atoms with Gasteiger partial charge >= 0.3 is 6.03 Å². The first-order valence-corrected chi connectivity index (χ1v) is 9.90. The zero-order chi connectivity index (χ0) is 19.0. The predicted molar refractivity (Wildman–Crippen MR) is 99.6 cm³/mol. The number of nitrogens with zero attached hydrogens (tertiary/aromatic N) is 4. The molecule has 1 aliphatic heterocycles. The van der Waals surface area contributed by atoms with Crippen molar-refractivity contribution in [1.82, 2.24) is 30.6 Å². The normalized spacial score (nSPS) is 25.5. The molecule has 1 saturated heterocycles. The molecule has 8 heteroatoms. The Balaban J connectivity index is 1.29. The summed E-state index contributed by atoms with van der Waals surface area (Å²) in [6.07, 6.45) is 3.83. The molecule has 1 atom stereocenters. The van der Waals surface area contributed by atoms with Crippen LogP contribution in [0.2, 0.25) is 0 Å². The van der Waals surface area contributed by atoms with E-state index < -0.39 is 0 Å².